The van der Waals surface area contributed by atoms with Gasteiger partial charge in [-0.2, -0.15) is 0 Å². The topological polar surface area (TPSA) is 85.4 Å². The standard InChI is InChI=1S/C21H22N4O3/c1-15(2)28-18-10-8-16(9-11-18)22-19-12-13-20(25-24-19)23-21(26)14-27-17-6-4-3-5-7-17/h3-13,15H,14H2,1-2H3,(H,22,24)(H,23,25,26). The number of carbonyl (C=O) groups excluding carboxylic acids is 1. The van der Waals surface area contributed by atoms with Gasteiger partial charge >= 0.3 is 0 Å². The highest BCUT2D eigenvalue weighted by Gasteiger charge is 2.06. The zero-order valence-corrected chi connectivity index (χ0v) is 15.8. The van der Waals surface area contributed by atoms with E-state index in [4.69, 9.17) is 9.47 Å². The molecule has 0 radical (unpaired) electrons. The smallest absolute Gasteiger partial charge is 0.263 e. The predicted octanol–water partition coefficient (Wildman–Crippen LogP) is 4.02. The van der Waals surface area contributed by atoms with Crippen LogP contribution in [0.1, 0.15) is 13.8 Å². The molecule has 0 bridgehead atoms. The molecule has 2 aromatic carbocycles. The van der Waals surface area contributed by atoms with Gasteiger partial charge in [0, 0.05) is 5.69 Å². The summed E-state index contributed by atoms with van der Waals surface area (Å²) in [5.41, 5.74) is 0.860. The number of amides is 1. The third-order valence-corrected chi connectivity index (χ3v) is 3.54. The van der Waals surface area contributed by atoms with Gasteiger partial charge < -0.3 is 20.1 Å². The largest absolute Gasteiger partial charge is 0.491 e. The number of hydrogen-bond acceptors (Lipinski definition) is 6. The Kier molecular flexibility index (Phi) is 6.41. The van der Waals surface area contributed by atoms with Crippen molar-refractivity contribution in [1.29, 1.82) is 0 Å². The predicted molar refractivity (Wildman–Crippen MR) is 108 cm³/mol. The summed E-state index contributed by atoms with van der Waals surface area (Å²) >= 11 is 0. The molecule has 1 aromatic heterocycles. The summed E-state index contributed by atoms with van der Waals surface area (Å²) < 4.78 is 11.0. The van der Waals surface area contributed by atoms with E-state index in [9.17, 15) is 4.79 Å². The second kappa shape index (κ2) is 9.36. The van der Waals surface area contributed by atoms with Crippen molar-refractivity contribution in [3.05, 3.63) is 66.7 Å². The maximum Gasteiger partial charge on any atom is 0.263 e. The number of ether oxygens (including phenoxy) is 2. The monoisotopic (exact) mass is 378 g/mol. The third kappa shape index (κ3) is 5.98. The van der Waals surface area contributed by atoms with Crippen LogP contribution < -0.4 is 20.1 Å². The molecule has 0 saturated heterocycles. The highest BCUT2D eigenvalue weighted by atomic mass is 16.5. The van der Waals surface area contributed by atoms with Crippen LogP contribution in [-0.2, 0) is 4.79 Å². The maximum atomic E-state index is 11.9. The minimum Gasteiger partial charge on any atom is -0.491 e. The minimum atomic E-state index is -0.306. The Labute approximate surface area is 163 Å². The number of hydrogen-bond donors (Lipinski definition) is 2. The Morgan fingerprint density at radius 2 is 1.57 bits per heavy atom. The van der Waals surface area contributed by atoms with Gasteiger partial charge in [-0.25, -0.2) is 0 Å². The van der Waals surface area contributed by atoms with Gasteiger partial charge in [-0.3, -0.25) is 4.79 Å². The lowest BCUT2D eigenvalue weighted by Gasteiger charge is -2.11. The molecule has 0 fully saturated rings. The van der Waals surface area contributed by atoms with E-state index in [1.807, 2.05) is 56.3 Å². The summed E-state index contributed by atoms with van der Waals surface area (Å²) in [7, 11) is 0. The van der Waals surface area contributed by atoms with E-state index in [1.54, 1.807) is 24.3 Å². The molecule has 144 valence electrons. The number of aromatic nitrogens is 2. The minimum absolute atomic E-state index is 0.101. The molecular formula is C21H22N4O3. The summed E-state index contributed by atoms with van der Waals surface area (Å²) in [6, 6.07) is 20.1. The van der Waals surface area contributed by atoms with E-state index in [2.05, 4.69) is 20.8 Å². The van der Waals surface area contributed by atoms with Gasteiger partial charge in [-0.1, -0.05) is 18.2 Å². The maximum absolute atomic E-state index is 11.9. The van der Waals surface area contributed by atoms with Crippen molar-refractivity contribution in [3.8, 4) is 11.5 Å². The van der Waals surface area contributed by atoms with E-state index in [0.717, 1.165) is 11.4 Å². The molecule has 1 heterocycles. The van der Waals surface area contributed by atoms with E-state index < -0.39 is 0 Å². The molecule has 0 atom stereocenters. The third-order valence-electron chi connectivity index (χ3n) is 3.54. The zero-order chi connectivity index (χ0) is 19.8. The molecule has 0 saturated carbocycles. The molecule has 1 amide bonds. The fourth-order valence-electron chi connectivity index (χ4n) is 2.35. The van der Waals surface area contributed by atoms with Gasteiger partial charge in [0.1, 0.15) is 11.5 Å². The molecule has 3 rings (SSSR count). The van der Waals surface area contributed by atoms with Gasteiger partial charge in [0.15, 0.2) is 18.2 Å². The fourth-order valence-corrected chi connectivity index (χ4v) is 2.35. The van der Waals surface area contributed by atoms with Crippen molar-refractivity contribution in [3.63, 3.8) is 0 Å². The van der Waals surface area contributed by atoms with E-state index in [0.29, 0.717) is 17.4 Å². The molecule has 7 nitrogen and oxygen atoms in total. The van der Waals surface area contributed by atoms with Crippen LogP contribution in [0.25, 0.3) is 0 Å². The van der Waals surface area contributed by atoms with Crippen molar-refractivity contribution in [2.75, 3.05) is 17.2 Å². The van der Waals surface area contributed by atoms with Gasteiger partial charge in [0.2, 0.25) is 0 Å². The number of benzene rings is 2. The first-order valence-corrected chi connectivity index (χ1v) is 8.93. The fraction of sp³-hybridized carbons (Fsp3) is 0.190. The van der Waals surface area contributed by atoms with Crippen LogP contribution in [0.3, 0.4) is 0 Å². The molecule has 3 aromatic rings. The van der Waals surface area contributed by atoms with Crippen molar-refractivity contribution >= 4 is 23.2 Å². The van der Waals surface area contributed by atoms with Gasteiger partial charge in [0.25, 0.3) is 5.91 Å². The van der Waals surface area contributed by atoms with Gasteiger partial charge in [-0.15, -0.1) is 10.2 Å². The highest BCUT2D eigenvalue weighted by molar-refractivity contribution is 5.90. The number of para-hydroxylation sites is 1. The van der Waals surface area contributed by atoms with Crippen LogP contribution in [0, 0.1) is 0 Å². The lowest BCUT2D eigenvalue weighted by molar-refractivity contribution is -0.118. The number of anilines is 3. The van der Waals surface area contributed by atoms with E-state index >= 15 is 0 Å². The van der Waals surface area contributed by atoms with Crippen LogP contribution in [0.5, 0.6) is 11.5 Å². The Bertz CT molecular complexity index is 882. The SMILES string of the molecule is CC(C)Oc1ccc(Nc2ccc(NC(=O)COc3ccccc3)nn2)cc1. The Balaban J connectivity index is 1.49. The molecule has 2 N–H and O–H groups in total. The Morgan fingerprint density at radius 1 is 0.893 bits per heavy atom. The molecular weight excluding hydrogens is 356 g/mol. The average molecular weight is 378 g/mol. The Hall–Kier alpha value is -3.61. The summed E-state index contributed by atoms with van der Waals surface area (Å²) in [5.74, 6) is 2.05. The summed E-state index contributed by atoms with van der Waals surface area (Å²) in [6.07, 6.45) is 0.130. The number of nitrogens with one attached hydrogen (secondary N) is 2. The number of carbonyl (C=O) groups is 1. The van der Waals surface area contributed by atoms with Crippen LogP contribution in [-0.4, -0.2) is 28.8 Å². The Morgan fingerprint density at radius 3 is 2.21 bits per heavy atom. The normalized spacial score (nSPS) is 10.4. The first-order valence-electron chi connectivity index (χ1n) is 8.93. The summed E-state index contributed by atoms with van der Waals surface area (Å²) in [6.45, 7) is 3.86. The molecule has 7 heteroatoms. The van der Waals surface area contributed by atoms with Crippen molar-refractivity contribution in [1.82, 2.24) is 10.2 Å². The first-order chi connectivity index (χ1) is 13.6. The summed E-state index contributed by atoms with van der Waals surface area (Å²) in [5, 5.41) is 13.9. The van der Waals surface area contributed by atoms with E-state index in [-0.39, 0.29) is 18.6 Å². The molecule has 0 aliphatic rings. The van der Waals surface area contributed by atoms with Crippen LogP contribution in [0.2, 0.25) is 0 Å². The molecule has 28 heavy (non-hydrogen) atoms. The van der Waals surface area contributed by atoms with Crippen molar-refractivity contribution in [2.24, 2.45) is 0 Å². The number of nitrogens with zero attached hydrogens (tertiary/aromatic N) is 2. The molecule has 0 aliphatic heterocycles. The van der Waals surface area contributed by atoms with Crippen molar-refractivity contribution in [2.45, 2.75) is 20.0 Å². The summed E-state index contributed by atoms with van der Waals surface area (Å²) in [4.78, 5) is 11.9. The second-order valence-corrected chi connectivity index (χ2v) is 6.27. The van der Waals surface area contributed by atoms with Crippen LogP contribution >= 0.6 is 0 Å². The van der Waals surface area contributed by atoms with Gasteiger partial charge in [-0.05, 0) is 62.4 Å². The number of rotatable bonds is 8. The van der Waals surface area contributed by atoms with Crippen LogP contribution in [0.4, 0.5) is 17.3 Å². The first kappa shape index (κ1) is 19.2. The molecule has 0 spiro atoms. The van der Waals surface area contributed by atoms with Crippen molar-refractivity contribution < 1.29 is 14.3 Å². The van der Waals surface area contributed by atoms with Crippen LogP contribution in [0.15, 0.2) is 66.7 Å². The lowest BCUT2D eigenvalue weighted by atomic mass is 10.3. The quantitative estimate of drug-likeness (QED) is 0.616. The average Bonchev–Trinajstić information content (AvgIpc) is 2.70. The van der Waals surface area contributed by atoms with Gasteiger partial charge in [0.05, 0.1) is 6.10 Å². The highest BCUT2D eigenvalue weighted by Crippen LogP contribution is 2.20. The second-order valence-electron chi connectivity index (χ2n) is 6.27. The molecule has 0 unspecified atom stereocenters. The lowest BCUT2D eigenvalue weighted by Crippen LogP contribution is -2.21. The van der Waals surface area contributed by atoms with E-state index in [1.165, 1.54) is 0 Å². The molecule has 0 aliphatic carbocycles. The zero-order valence-electron chi connectivity index (χ0n) is 15.8.